The van der Waals surface area contributed by atoms with E-state index in [1.807, 2.05) is 0 Å². The molecule has 0 unspecified atom stereocenters. The van der Waals surface area contributed by atoms with Crippen LogP contribution in [0.4, 0.5) is 4.39 Å². The summed E-state index contributed by atoms with van der Waals surface area (Å²) in [6.45, 7) is 0.608. The van der Waals surface area contributed by atoms with Gasteiger partial charge in [-0.15, -0.1) is 0 Å². The van der Waals surface area contributed by atoms with Gasteiger partial charge in [0.15, 0.2) is 6.10 Å². The SMILES string of the molecule is O=C(O)[C@H]1CN(C(=O)Cc2ccc(F)c(Br)c2)CCO1. The lowest BCUT2D eigenvalue weighted by Gasteiger charge is -2.31. The Balaban J connectivity index is 2.00. The smallest absolute Gasteiger partial charge is 0.334 e. The Labute approximate surface area is 123 Å². The molecule has 1 atom stereocenters. The second kappa shape index (κ2) is 6.32. The molecule has 1 saturated heterocycles. The van der Waals surface area contributed by atoms with Crippen molar-refractivity contribution in [3.05, 3.63) is 34.1 Å². The van der Waals surface area contributed by atoms with Gasteiger partial charge in [-0.1, -0.05) is 6.07 Å². The van der Waals surface area contributed by atoms with Crippen molar-refractivity contribution < 1.29 is 23.8 Å². The summed E-state index contributed by atoms with van der Waals surface area (Å²) in [5, 5.41) is 8.88. The van der Waals surface area contributed by atoms with Crippen molar-refractivity contribution in [1.82, 2.24) is 4.90 Å². The van der Waals surface area contributed by atoms with Gasteiger partial charge >= 0.3 is 5.97 Å². The first-order valence-corrected chi connectivity index (χ1v) is 6.83. The van der Waals surface area contributed by atoms with E-state index in [9.17, 15) is 14.0 Å². The van der Waals surface area contributed by atoms with Gasteiger partial charge in [0.25, 0.3) is 0 Å². The molecule has 0 aromatic heterocycles. The topological polar surface area (TPSA) is 66.8 Å². The van der Waals surface area contributed by atoms with Crippen LogP contribution in [0.5, 0.6) is 0 Å². The lowest BCUT2D eigenvalue weighted by Crippen LogP contribution is -2.49. The van der Waals surface area contributed by atoms with E-state index >= 15 is 0 Å². The van der Waals surface area contributed by atoms with Crippen LogP contribution < -0.4 is 0 Å². The van der Waals surface area contributed by atoms with Crippen molar-refractivity contribution in [1.29, 1.82) is 0 Å². The number of carboxylic acids is 1. The highest BCUT2D eigenvalue weighted by molar-refractivity contribution is 9.10. The number of ether oxygens (including phenoxy) is 1. The summed E-state index contributed by atoms with van der Waals surface area (Å²) >= 11 is 3.06. The fourth-order valence-electron chi connectivity index (χ4n) is 1.96. The van der Waals surface area contributed by atoms with Crippen molar-refractivity contribution in [3.8, 4) is 0 Å². The van der Waals surface area contributed by atoms with E-state index in [0.717, 1.165) is 0 Å². The molecule has 20 heavy (non-hydrogen) atoms. The number of nitrogens with zero attached hydrogens (tertiary/aromatic N) is 1. The zero-order valence-corrected chi connectivity index (χ0v) is 12.1. The number of hydrogen-bond acceptors (Lipinski definition) is 3. The van der Waals surface area contributed by atoms with Gasteiger partial charge in [0.05, 0.1) is 24.0 Å². The van der Waals surface area contributed by atoms with Gasteiger partial charge in [-0.3, -0.25) is 4.79 Å². The second-order valence-corrected chi connectivity index (χ2v) is 5.32. The van der Waals surface area contributed by atoms with Crippen molar-refractivity contribution in [2.45, 2.75) is 12.5 Å². The molecule has 1 heterocycles. The molecule has 0 bridgehead atoms. The standard InChI is InChI=1S/C13H13BrFNO4/c14-9-5-8(1-2-10(9)15)6-12(17)16-3-4-20-11(7-16)13(18)19/h1-2,5,11H,3-4,6-7H2,(H,18,19)/t11-/m1/s1. The molecule has 0 saturated carbocycles. The van der Waals surface area contributed by atoms with E-state index in [1.165, 1.54) is 17.0 Å². The summed E-state index contributed by atoms with van der Waals surface area (Å²) in [7, 11) is 0. The third-order valence-corrected chi connectivity index (χ3v) is 3.64. The highest BCUT2D eigenvalue weighted by Gasteiger charge is 2.28. The molecule has 1 amide bonds. The molecule has 1 aliphatic heterocycles. The summed E-state index contributed by atoms with van der Waals surface area (Å²) in [5.41, 5.74) is 0.668. The Morgan fingerprint density at radius 2 is 2.25 bits per heavy atom. The number of carbonyl (C=O) groups is 2. The van der Waals surface area contributed by atoms with Crippen LogP contribution >= 0.6 is 15.9 Å². The number of rotatable bonds is 3. The third kappa shape index (κ3) is 3.55. The Morgan fingerprint density at radius 3 is 2.90 bits per heavy atom. The Bertz CT molecular complexity index is 537. The molecular formula is C13H13BrFNO4. The fourth-order valence-corrected chi connectivity index (χ4v) is 2.39. The van der Waals surface area contributed by atoms with Crippen LogP contribution in [0.2, 0.25) is 0 Å². The summed E-state index contributed by atoms with van der Waals surface area (Å²) in [6, 6.07) is 4.36. The number of hydrogen-bond donors (Lipinski definition) is 1. The minimum absolute atomic E-state index is 0.0382. The molecule has 0 aliphatic carbocycles. The van der Waals surface area contributed by atoms with Gasteiger partial charge in [-0.25, -0.2) is 9.18 Å². The first-order chi connectivity index (χ1) is 9.47. The average molecular weight is 346 g/mol. The van der Waals surface area contributed by atoms with Crippen molar-refractivity contribution in [3.63, 3.8) is 0 Å². The minimum Gasteiger partial charge on any atom is -0.479 e. The van der Waals surface area contributed by atoms with Crippen LogP contribution in [-0.2, 0) is 20.7 Å². The highest BCUT2D eigenvalue weighted by Crippen LogP contribution is 2.18. The summed E-state index contributed by atoms with van der Waals surface area (Å²) < 4.78 is 18.5. The predicted octanol–water partition coefficient (Wildman–Crippen LogP) is 1.44. The first-order valence-electron chi connectivity index (χ1n) is 6.03. The van der Waals surface area contributed by atoms with Gasteiger partial charge in [-0.2, -0.15) is 0 Å². The number of halogens is 2. The van der Waals surface area contributed by atoms with Crippen LogP contribution in [-0.4, -0.2) is 47.7 Å². The third-order valence-electron chi connectivity index (χ3n) is 3.03. The fraction of sp³-hybridized carbons (Fsp3) is 0.385. The second-order valence-electron chi connectivity index (χ2n) is 4.46. The van der Waals surface area contributed by atoms with E-state index < -0.39 is 17.9 Å². The predicted molar refractivity (Wildman–Crippen MR) is 71.8 cm³/mol. The number of morpholine rings is 1. The molecular weight excluding hydrogens is 333 g/mol. The molecule has 1 fully saturated rings. The van der Waals surface area contributed by atoms with Crippen LogP contribution in [0.25, 0.3) is 0 Å². The number of aliphatic carboxylic acids is 1. The summed E-state index contributed by atoms with van der Waals surface area (Å²) in [4.78, 5) is 24.4. The number of carboxylic acid groups (broad SMARTS) is 1. The molecule has 1 aromatic rings. The quantitative estimate of drug-likeness (QED) is 0.900. The zero-order valence-electron chi connectivity index (χ0n) is 10.5. The van der Waals surface area contributed by atoms with Gasteiger partial charge in [0, 0.05) is 6.54 Å². The first kappa shape index (κ1) is 14.9. The normalized spacial score (nSPS) is 18.9. The van der Waals surface area contributed by atoms with E-state index in [4.69, 9.17) is 9.84 Å². The number of benzene rings is 1. The van der Waals surface area contributed by atoms with E-state index in [0.29, 0.717) is 16.6 Å². The Kier molecular flexibility index (Phi) is 4.72. The molecule has 0 radical (unpaired) electrons. The number of amides is 1. The Hall–Kier alpha value is -1.47. The maximum absolute atomic E-state index is 13.1. The van der Waals surface area contributed by atoms with E-state index in [-0.39, 0.29) is 25.5 Å². The maximum atomic E-state index is 13.1. The molecule has 7 heteroatoms. The summed E-state index contributed by atoms with van der Waals surface area (Å²) in [5.74, 6) is -1.66. The molecule has 1 N–H and O–H groups in total. The largest absolute Gasteiger partial charge is 0.479 e. The van der Waals surface area contributed by atoms with Gasteiger partial charge in [0.1, 0.15) is 5.82 Å². The van der Waals surface area contributed by atoms with Gasteiger partial charge in [0.2, 0.25) is 5.91 Å². The molecule has 2 rings (SSSR count). The van der Waals surface area contributed by atoms with Crippen molar-refractivity contribution in [2.24, 2.45) is 0 Å². The van der Waals surface area contributed by atoms with Gasteiger partial charge in [-0.05, 0) is 33.6 Å². The lowest BCUT2D eigenvalue weighted by molar-refractivity contribution is -0.159. The minimum atomic E-state index is -1.08. The van der Waals surface area contributed by atoms with E-state index in [1.54, 1.807) is 6.07 Å². The maximum Gasteiger partial charge on any atom is 0.334 e. The molecule has 0 spiro atoms. The Morgan fingerprint density at radius 1 is 1.50 bits per heavy atom. The zero-order chi connectivity index (χ0) is 14.7. The summed E-state index contributed by atoms with van der Waals surface area (Å²) in [6.07, 6.45) is -0.877. The van der Waals surface area contributed by atoms with Crippen LogP contribution in [0, 0.1) is 5.82 Å². The molecule has 1 aromatic carbocycles. The van der Waals surface area contributed by atoms with Crippen LogP contribution in [0.1, 0.15) is 5.56 Å². The molecule has 108 valence electrons. The van der Waals surface area contributed by atoms with Crippen molar-refractivity contribution >= 4 is 27.8 Å². The average Bonchev–Trinajstić information content (AvgIpc) is 2.43. The van der Waals surface area contributed by atoms with Crippen LogP contribution in [0.3, 0.4) is 0 Å². The monoisotopic (exact) mass is 345 g/mol. The molecule has 1 aliphatic rings. The molecule has 5 nitrogen and oxygen atoms in total. The lowest BCUT2D eigenvalue weighted by atomic mass is 10.1. The van der Waals surface area contributed by atoms with Crippen LogP contribution in [0.15, 0.2) is 22.7 Å². The van der Waals surface area contributed by atoms with E-state index in [2.05, 4.69) is 15.9 Å². The highest BCUT2D eigenvalue weighted by atomic mass is 79.9. The van der Waals surface area contributed by atoms with Gasteiger partial charge < -0.3 is 14.7 Å². The number of carbonyl (C=O) groups excluding carboxylic acids is 1. The van der Waals surface area contributed by atoms with Crippen molar-refractivity contribution in [2.75, 3.05) is 19.7 Å².